The molecule has 3 saturated carbocycles. The lowest BCUT2D eigenvalue weighted by Gasteiger charge is -2.58. The van der Waals surface area contributed by atoms with Crippen LogP contribution in [-0.4, -0.2) is 12.1 Å². The van der Waals surface area contributed by atoms with Crippen molar-refractivity contribution in [2.45, 2.75) is 106 Å². The summed E-state index contributed by atoms with van der Waals surface area (Å²) in [6, 6.07) is 0. The third kappa shape index (κ3) is 4.14. The van der Waals surface area contributed by atoms with Crippen LogP contribution in [0.2, 0.25) is 0 Å². The third-order valence-corrected chi connectivity index (χ3v) is 10.8. The van der Waals surface area contributed by atoms with Gasteiger partial charge < -0.3 is 4.74 Å². The van der Waals surface area contributed by atoms with Gasteiger partial charge >= 0.3 is 5.97 Å². The molecule has 0 saturated heterocycles. The number of carbonyl (C=O) groups is 1. The van der Waals surface area contributed by atoms with Crippen LogP contribution in [0.3, 0.4) is 0 Å². The zero-order chi connectivity index (χ0) is 23.3. The molecule has 0 amide bonds. The van der Waals surface area contributed by atoms with Gasteiger partial charge in [-0.2, -0.15) is 0 Å². The molecular formula is C30H48O2. The lowest BCUT2D eigenvalue weighted by atomic mass is 9.47. The number of esters is 1. The van der Waals surface area contributed by atoms with Crippen molar-refractivity contribution < 1.29 is 9.53 Å². The molecular weight excluding hydrogens is 392 g/mol. The predicted molar refractivity (Wildman–Crippen MR) is 133 cm³/mol. The normalized spacial score (nSPS) is 43.2. The zero-order valence-corrected chi connectivity index (χ0v) is 21.8. The average Bonchev–Trinajstić information content (AvgIpc) is 3.08. The van der Waals surface area contributed by atoms with Crippen molar-refractivity contribution in [1.82, 2.24) is 0 Å². The topological polar surface area (TPSA) is 26.3 Å². The van der Waals surface area contributed by atoms with E-state index in [0.29, 0.717) is 28.6 Å². The highest BCUT2D eigenvalue weighted by atomic mass is 16.5. The fraction of sp³-hybridized carbons (Fsp3) is 0.833. The van der Waals surface area contributed by atoms with E-state index in [1.165, 1.54) is 38.5 Å². The van der Waals surface area contributed by atoms with E-state index >= 15 is 0 Å². The molecule has 0 aromatic carbocycles. The fourth-order valence-corrected chi connectivity index (χ4v) is 8.43. The van der Waals surface area contributed by atoms with Gasteiger partial charge in [-0.1, -0.05) is 65.3 Å². The molecule has 180 valence electrons. The van der Waals surface area contributed by atoms with Crippen LogP contribution in [0.25, 0.3) is 0 Å². The molecule has 32 heavy (non-hydrogen) atoms. The molecule has 4 aliphatic carbocycles. The van der Waals surface area contributed by atoms with Gasteiger partial charge in [0, 0.05) is 6.92 Å². The van der Waals surface area contributed by atoms with Crippen LogP contribution in [0.4, 0.5) is 0 Å². The first-order chi connectivity index (χ1) is 15.1. The van der Waals surface area contributed by atoms with E-state index in [4.69, 9.17) is 4.74 Å². The first-order valence-electron chi connectivity index (χ1n) is 13.6. The first kappa shape index (κ1) is 24.1. The van der Waals surface area contributed by atoms with E-state index in [1.807, 2.05) is 5.57 Å². The molecule has 3 fully saturated rings. The van der Waals surface area contributed by atoms with Gasteiger partial charge in [0.25, 0.3) is 0 Å². The van der Waals surface area contributed by atoms with Crippen LogP contribution in [0.1, 0.15) is 99.8 Å². The number of allylic oxidation sites excluding steroid dienone is 4. The summed E-state index contributed by atoms with van der Waals surface area (Å²) in [5, 5.41) is 0. The molecule has 0 spiro atoms. The number of hydrogen-bond acceptors (Lipinski definition) is 2. The lowest BCUT2D eigenvalue weighted by Crippen LogP contribution is -2.50. The van der Waals surface area contributed by atoms with Crippen molar-refractivity contribution in [3.63, 3.8) is 0 Å². The smallest absolute Gasteiger partial charge is 0.302 e. The minimum absolute atomic E-state index is 0.109. The second kappa shape index (κ2) is 8.95. The van der Waals surface area contributed by atoms with Crippen molar-refractivity contribution in [2.24, 2.45) is 52.3 Å². The van der Waals surface area contributed by atoms with Crippen molar-refractivity contribution in [1.29, 1.82) is 0 Å². The second-order valence-corrected chi connectivity index (χ2v) is 12.8. The van der Waals surface area contributed by atoms with E-state index in [-0.39, 0.29) is 12.1 Å². The van der Waals surface area contributed by atoms with Gasteiger partial charge in [-0.3, -0.25) is 4.79 Å². The summed E-state index contributed by atoms with van der Waals surface area (Å²) in [6.45, 7) is 16.3. The lowest BCUT2D eigenvalue weighted by molar-refractivity contribution is -0.152. The van der Waals surface area contributed by atoms with Gasteiger partial charge in [0.1, 0.15) is 6.10 Å². The molecule has 9 atom stereocenters. The van der Waals surface area contributed by atoms with E-state index < -0.39 is 0 Å². The molecule has 0 N–H and O–H groups in total. The Balaban J connectivity index is 1.51. The quantitative estimate of drug-likeness (QED) is 0.320. The van der Waals surface area contributed by atoms with Gasteiger partial charge in [-0.15, -0.1) is 0 Å². The molecule has 0 aliphatic heterocycles. The van der Waals surface area contributed by atoms with Crippen LogP contribution in [0.15, 0.2) is 23.8 Å². The Hall–Kier alpha value is -1.05. The van der Waals surface area contributed by atoms with E-state index in [2.05, 4.69) is 59.8 Å². The molecule has 0 radical (unpaired) electrons. The molecule has 0 aromatic rings. The highest BCUT2D eigenvalue weighted by Gasteiger charge is 2.58. The molecule has 0 heterocycles. The van der Waals surface area contributed by atoms with Crippen LogP contribution in [0, 0.1) is 52.3 Å². The van der Waals surface area contributed by atoms with Gasteiger partial charge in [0.15, 0.2) is 0 Å². The number of fused-ring (bicyclic) bond motifs is 5. The van der Waals surface area contributed by atoms with Crippen molar-refractivity contribution >= 4 is 5.97 Å². The summed E-state index contributed by atoms with van der Waals surface area (Å²) >= 11 is 0. The van der Waals surface area contributed by atoms with Crippen molar-refractivity contribution in [3.8, 4) is 0 Å². The van der Waals surface area contributed by atoms with Crippen LogP contribution >= 0.6 is 0 Å². The van der Waals surface area contributed by atoms with Gasteiger partial charge in [0.05, 0.1) is 0 Å². The molecule has 4 aliphatic rings. The Morgan fingerprint density at radius 3 is 2.38 bits per heavy atom. The minimum atomic E-state index is -0.109. The Labute approximate surface area is 197 Å². The summed E-state index contributed by atoms with van der Waals surface area (Å²) in [6.07, 6.45) is 17.9. The Morgan fingerprint density at radius 2 is 1.69 bits per heavy atom. The van der Waals surface area contributed by atoms with Crippen LogP contribution in [0.5, 0.6) is 0 Å². The molecule has 4 rings (SSSR count). The van der Waals surface area contributed by atoms with E-state index in [1.54, 1.807) is 6.92 Å². The third-order valence-electron chi connectivity index (χ3n) is 10.8. The minimum Gasteiger partial charge on any atom is -0.463 e. The van der Waals surface area contributed by atoms with Crippen molar-refractivity contribution in [2.75, 3.05) is 0 Å². The Morgan fingerprint density at radius 1 is 1.00 bits per heavy atom. The maximum absolute atomic E-state index is 11.5. The summed E-state index contributed by atoms with van der Waals surface area (Å²) in [5.74, 6) is 4.98. The SMILES string of the molecule is CC(=O)O[C@H]1CC[C@@]2(C)[C@@H](CC=C3[C@@H]2CC[C@]2(C)[C@@H]([C@H](C)/C=C/[C@H](C)C(C)C)CC[C@@H]32)C1. The fourth-order valence-electron chi connectivity index (χ4n) is 8.43. The molecule has 2 heteroatoms. The van der Waals surface area contributed by atoms with Gasteiger partial charge in [-0.05, 0) is 104 Å². The Bertz CT molecular complexity index is 763. The van der Waals surface area contributed by atoms with Crippen LogP contribution in [-0.2, 0) is 9.53 Å². The molecule has 0 aromatic heterocycles. The number of rotatable bonds is 5. The van der Waals surface area contributed by atoms with E-state index in [0.717, 1.165) is 36.5 Å². The summed E-state index contributed by atoms with van der Waals surface area (Å²) < 4.78 is 5.64. The summed E-state index contributed by atoms with van der Waals surface area (Å²) in [5.41, 5.74) is 2.70. The second-order valence-electron chi connectivity index (χ2n) is 12.8. The van der Waals surface area contributed by atoms with E-state index in [9.17, 15) is 4.79 Å². The Kier molecular flexibility index (Phi) is 6.74. The highest BCUT2D eigenvalue weighted by molar-refractivity contribution is 5.66. The van der Waals surface area contributed by atoms with Crippen LogP contribution < -0.4 is 0 Å². The first-order valence-corrected chi connectivity index (χ1v) is 13.6. The zero-order valence-electron chi connectivity index (χ0n) is 21.8. The van der Waals surface area contributed by atoms with Gasteiger partial charge in [0.2, 0.25) is 0 Å². The molecule has 2 nitrogen and oxygen atoms in total. The van der Waals surface area contributed by atoms with Gasteiger partial charge in [-0.25, -0.2) is 0 Å². The summed E-state index contributed by atoms with van der Waals surface area (Å²) in [7, 11) is 0. The number of carbonyl (C=O) groups excluding carboxylic acids is 1. The highest BCUT2D eigenvalue weighted by Crippen LogP contribution is 2.66. The average molecular weight is 441 g/mol. The molecule has 0 unspecified atom stereocenters. The largest absolute Gasteiger partial charge is 0.463 e. The maximum atomic E-state index is 11.5. The monoisotopic (exact) mass is 440 g/mol. The summed E-state index contributed by atoms with van der Waals surface area (Å²) in [4.78, 5) is 11.5. The standard InChI is InChI=1S/C30H48O2/c1-19(2)20(3)8-9-21(4)26-12-13-27-25-11-10-23-18-24(32-22(5)31)14-16-29(23,6)28(25)15-17-30(26,27)7/h8-9,11,19-21,23-24,26-28H,10,12-18H2,1-7H3/b9-8+/t20-,21+,23-,24-,26+,27-,28-,29-,30+/m0/s1. The maximum Gasteiger partial charge on any atom is 0.302 e. The molecule has 0 bridgehead atoms. The number of ether oxygens (including phenoxy) is 1. The number of hydrogen-bond donors (Lipinski definition) is 0. The predicted octanol–water partition coefficient (Wildman–Crippen LogP) is 7.98. The van der Waals surface area contributed by atoms with Crippen molar-refractivity contribution in [3.05, 3.63) is 23.8 Å².